The van der Waals surface area contributed by atoms with E-state index in [0.29, 0.717) is 11.9 Å². The molecule has 1 unspecified atom stereocenters. The monoisotopic (exact) mass is 361 g/mol. The number of carbonyl (C=O) groups is 1. The summed E-state index contributed by atoms with van der Waals surface area (Å²) < 4.78 is 0. The average molecular weight is 362 g/mol. The number of nitrogens with zero attached hydrogens (tertiary/aromatic N) is 2. The number of carbonyl (C=O) groups excluding carboxylic acids is 1. The summed E-state index contributed by atoms with van der Waals surface area (Å²) in [6, 6.07) is 8.52. The molecule has 0 radical (unpaired) electrons. The lowest BCUT2D eigenvalue weighted by Crippen LogP contribution is -2.50. The Bertz CT molecular complexity index is 606. The van der Waals surface area contributed by atoms with Crippen LogP contribution in [0, 0.1) is 0 Å². The standard InChI is InChI=1S/C20H28ClN3O/c21-17-5-3-16(4-6-17)20(8-1-2-9-20)19(25)24-12-7-18(15-24)23-13-10-22-11-14-23/h3-6,18,22H,1-2,7-15H2. The van der Waals surface area contributed by atoms with Gasteiger partial charge in [-0.15, -0.1) is 0 Å². The summed E-state index contributed by atoms with van der Waals surface area (Å²) in [5.74, 6) is 0.352. The summed E-state index contributed by atoms with van der Waals surface area (Å²) in [6.45, 7) is 6.15. The van der Waals surface area contributed by atoms with Gasteiger partial charge in [-0.3, -0.25) is 9.69 Å². The van der Waals surface area contributed by atoms with E-state index >= 15 is 0 Å². The van der Waals surface area contributed by atoms with Crippen LogP contribution in [0.2, 0.25) is 5.02 Å². The smallest absolute Gasteiger partial charge is 0.233 e. The molecule has 0 aromatic heterocycles. The molecule has 1 aromatic carbocycles. The number of piperazine rings is 1. The van der Waals surface area contributed by atoms with Crippen molar-refractivity contribution in [2.75, 3.05) is 39.3 Å². The molecule has 2 heterocycles. The molecule has 3 fully saturated rings. The highest BCUT2D eigenvalue weighted by atomic mass is 35.5. The molecular weight excluding hydrogens is 334 g/mol. The van der Waals surface area contributed by atoms with Gasteiger partial charge in [0.25, 0.3) is 0 Å². The molecule has 25 heavy (non-hydrogen) atoms. The van der Waals surface area contributed by atoms with Gasteiger partial charge in [0.2, 0.25) is 5.91 Å². The predicted molar refractivity (Wildman–Crippen MR) is 101 cm³/mol. The van der Waals surface area contributed by atoms with Crippen molar-refractivity contribution in [2.45, 2.75) is 43.6 Å². The molecule has 3 aliphatic rings. The fourth-order valence-corrected chi connectivity index (χ4v) is 5.07. The zero-order valence-corrected chi connectivity index (χ0v) is 15.6. The van der Waals surface area contributed by atoms with Crippen molar-refractivity contribution in [1.82, 2.24) is 15.1 Å². The number of halogens is 1. The third-order valence-corrected chi connectivity index (χ3v) is 6.63. The van der Waals surface area contributed by atoms with E-state index in [4.69, 9.17) is 11.6 Å². The van der Waals surface area contributed by atoms with Crippen molar-refractivity contribution in [3.8, 4) is 0 Å². The summed E-state index contributed by atoms with van der Waals surface area (Å²) in [6.07, 6.45) is 5.35. The first-order chi connectivity index (χ1) is 12.2. The topological polar surface area (TPSA) is 35.6 Å². The molecule has 1 aromatic rings. The number of nitrogens with one attached hydrogen (secondary N) is 1. The average Bonchev–Trinajstić information content (AvgIpc) is 3.33. The summed E-state index contributed by atoms with van der Waals surface area (Å²) in [5.41, 5.74) is 0.841. The van der Waals surface area contributed by atoms with Crippen molar-refractivity contribution in [2.24, 2.45) is 0 Å². The molecule has 2 saturated heterocycles. The van der Waals surface area contributed by atoms with Crippen molar-refractivity contribution in [3.05, 3.63) is 34.9 Å². The van der Waals surface area contributed by atoms with Gasteiger partial charge in [0.1, 0.15) is 0 Å². The Morgan fingerprint density at radius 1 is 1.08 bits per heavy atom. The second-order valence-corrected chi connectivity index (χ2v) is 8.21. The van der Waals surface area contributed by atoms with Gasteiger partial charge >= 0.3 is 0 Å². The summed E-state index contributed by atoms with van der Waals surface area (Å²) in [7, 11) is 0. The molecular formula is C20H28ClN3O. The Labute approximate surface area is 155 Å². The lowest BCUT2D eigenvalue weighted by Gasteiger charge is -2.35. The number of amides is 1. The maximum atomic E-state index is 13.5. The third kappa shape index (κ3) is 3.32. The quantitative estimate of drug-likeness (QED) is 0.899. The number of hydrogen-bond donors (Lipinski definition) is 1. The molecule has 1 N–H and O–H groups in total. The van der Waals surface area contributed by atoms with Gasteiger partial charge in [-0.1, -0.05) is 36.6 Å². The highest BCUT2D eigenvalue weighted by molar-refractivity contribution is 6.30. The van der Waals surface area contributed by atoms with Crippen LogP contribution in [0.5, 0.6) is 0 Å². The largest absolute Gasteiger partial charge is 0.340 e. The number of likely N-dealkylation sites (tertiary alicyclic amines) is 1. The van der Waals surface area contributed by atoms with Crippen LogP contribution in [0.4, 0.5) is 0 Å². The molecule has 4 nitrogen and oxygen atoms in total. The van der Waals surface area contributed by atoms with Gasteiger partial charge in [-0.25, -0.2) is 0 Å². The maximum absolute atomic E-state index is 13.5. The Morgan fingerprint density at radius 3 is 2.44 bits per heavy atom. The highest BCUT2D eigenvalue weighted by Gasteiger charge is 2.46. The van der Waals surface area contributed by atoms with E-state index in [1.165, 1.54) is 0 Å². The number of benzene rings is 1. The molecule has 0 spiro atoms. The van der Waals surface area contributed by atoms with E-state index < -0.39 is 0 Å². The van der Waals surface area contributed by atoms with Crippen LogP contribution in [0.15, 0.2) is 24.3 Å². The van der Waals surface area contributed by atoms with Crippen molar-refractivity contribution in [1.29, 1.82) is 0 Å². The van der Waals surface area contributed by atoms with Crippen molar-refractivity contribution >= 4 is 17.5 Å². The number of hydrogen-bond acceptors (Lipinski definition) is 3. The zero-order chi connectivity index (χ0) is 17.3. The molecule has 136 valence electrons. The second-order valence-electron chi connectivity index (χ2n) is 7.78. The van der Waals surface area contributed by atoms with Gasteiger partial charge in [0, 0.05) is 50.3 Å². The molecule has 1 saturated carbocycles. The summed E-state index contributed by atoms with van der Waals surface area (Å²) >= 11 is 6.07. The Kier molecular flexibility index (Phi) is 5.03. The van der Waals surface area contributed by atoms with Crippen LogP contribution in [0.3, 0.4) is 0 Å². The lowest BCUT2D eigenvalue weighted by molar-refractivity contribution is -0.136. The Balaban J connectivity index is 1.51. The fraction of sp³-hybridized carbons (Fsp3) is 0.650. The van der Waals surface area contributed by atoms with E-state index in [9.17, 15) is 4.79 Å². The maximum Gasteiger partial charge on any atom is 0.233 e. The molecule has 4 rings (SSSR count). The molecule has 1 atom stereocenters. The predicted octanol–water partition coefficient (Wildman–Crippen LogP) is 2.66. The summed E-state index contributed by atoms with van der Waals surface area (Å²) in [4.78, 5) is 18.3. The normalized spacial score (nSPS) is 26.9. The minimum atomic E-state index is -0.317. The van der Waals surface area contributed by atoms with E-state index in [1.807, 2.05) is 12.1 Å². The van der Waals surface area contributed by atoms with Gasteiger partial charge in [0.05, 0.1) is 5.41 Å². The van der Waals surface area contributed by atoms with E-state index in [1.54, 1.807) is 0 Å². The van der Waals surface area contributed by atoms with Gasteiger partial charge in [0.15, 0.2) is 0 Å². The first-order valence-electron chi connectivity index (χ1n) is 9.69. The van der Waals surface area contributed by atoms with Crippen LogP contribution in [0.25, 0.3) is 0 Å². The van der Waals surface area contributed by atoms with Gasteiger partial charge in [-0.2, -0.15) is 0 Å². The lowest BCUT2D eigenvalue weighted by atomic mass is 9.77. The first kappa shape index (κ1) is 17.3. The zero-order valence-electron chi connectivity index (χ0n) is 14.8. The van der Waals surface area contributed by atoms with Crippen LogP contribution in [-0.2, 0) is 10.2 Å². The number of rotatable bonds is 3. The minimum absolute atomic E-state index is 0.317. The van der Waals surface area contributed by atoms with E-state index in [0.717, 1.165) is 82.0 Å². The SMILES string of the molecule is O=C(N1CCC(N2CCNCC2)C1)C1(c2ccc(Cl)cc2)CCCC1. The molecule has 0 bridgehead atoms. The van der Waals surface area contributed by atoms with E-state index in [-0.39, 0.29) is 5.41 Å². The van der Waals surface area contributed by atoms with Gasteiger partial charge < -0.3 is 10.2 Å². The molecule has 1 aliphatic carbocycles. The first-order valence-corrected chi connectivity index (χ1v) is 10.1. The van der Waals surface area contributed by atoms with Crippen molar-refractivity contribution < 1.29 is 4.79 Å². The fourth-order valence-electron chi connectivity index (χ4n) is 4.95. The van der Waals surface area contributed by atoms with Gasteiger partial charge in [-0.05, 0) is 37.0 Å². The third-order valence-electron chi connectivity index (χ3n) is 6.38. The summed E-state index contributed by atoms with van der Waals surface area (Å²) in [5, 5.41) is 4.16. The van der Waals surface area contributed by atoms with Crippen LogP contribution in [-0.4, -0.2) is 61.0 Å². The Morgan fingerprint density at radius 2 is 1.76 bits per heavy atom. The Hall–Kier alpha value is -1.10. The van der Waals surface area contributed by atoms with Crippen LogP contribution in [0.1, 0.15) is 37.7 Å². The van der Waals surface area contributed by atoms with E-state index in [2.05, 4.69) is 27.2 Å². The molecule has 5 heteroatoms. The highest BCUT2D eigenvalue weighted by Crippen LogP contribution is 2.43. The van der Waals surface area contributed by atoms with Crippen LogP contribution < -0.4 is 5.32 Å². The van der Waals surface area contributed by atoms with Crippen LogP contribution >= 0.6 is 11.6 Å². The second kappa shape index (κ2) is 7.26. The minimum Gasteiger partial charge on any atom is -0.340 e. The molecule has 2 aliphatic heterocycles. The molecule has 1 amide bonds. The van der Waals surface area contributed by atoms with Crippen molar-refractivity contribution in [3.63, 3.8) is 0 Å².